The van der Waals surface area contributed by atoms with E-state index in [9.17, 15) is 9.59 Å². The van der Waals surface area contributed by atoms with Crippen molar-refractivity contribution in [1.29, 1.82) is 0 Å². The molecule has 4 rings (SSSR count). The van der Waals surface area contributed by atoms with Gasteiger partial charge in [-0.25, -0.2) is 9.97 Å². The Bertz CT molecular complexity index is 1050. The van der Waals surface area contributed by atoms with Crippen molar-refractivity contribution in [3.05, 3.63) is 58.1 Å². The van der Waals surface area contributed by atoms with Crippen LogP contribution in [0.15, 0.2) is 51.1 Å². The number of hydrogen-bond acceptors (Lipinski definition) is 8. The molecule has 2 N–H and O–H groups in total. The molecule has 0 fully saturated rings. The third-order valence-corrected chi connectivity index (χ3v) is 5.84. The van der Waals surface area contributed by atoms with E-state index in [0.717, 1.165) is 10.6 Å². The van der Waals surface area contributed by atoms with Gasteiger partial charge in [0.2, 0.25) is 5.91 Å². The molecular weight excluding hydrogens is 404 g/mol. The molecule has 0 atom stereocenters. The second kappa shape index (κ2) is 7.82. The first-order valence-corrected chi connectivity index (χ1v) is 10.4. The highest BCUT2D eigenvalue weighted by atomic mass is 32.1. The lowest BCUT2D eigenvalue weighted by molar-refractivity contribution is -0.115. The van der Waals surface area contributed by atoms with Gasteiger partial charge in [-0.2, -0.15) is 0 Å². The van der Waals surface area contributed by atoms with Gasteiger partial charge in [0.1, 0.15) is 0 Å². The molecule has 0 saturated heterocycles. The van der Waals surface area contributed by atoms with Gasteiger partial charge >= 0.3 is 0 Å². The minimum atomic E-state index is -0.380. The molecule has 4 heterocycles. The number of carbonyl (C=O) groups is 2. The third-order valence-electron chi connectivity index (χ3n) is 3.38. The first-order valence-electron chi connectivity index (χ1n) is 7.76. The third kappa shape index (κ3) is 4.30. The average molecular weight is 417 g/mol. The average Bonchev–Trinajstić information content (AvgIpc) is 3.43. The molecule has 0 saturated carbocycles. The number of thiophene rings is 1. The fraction of sp³-hybridized carbons (Fsp3) is 0.0588. The Morgan fingerprint density at radius 2 is 1.85 bits per heavy atom. The summed E-state index contributed by atoms with van der Waals surface area (Å²) in [5.41, 5.74) is 1.42. The van der Waals surface area contributed by atoms with Gasteiger partial charge in [-0.15, -0.1) is 34.0 Å². The molecular formula is C17H12N4O3S3. The molecule has 0 radical (unpaired) electrons. The molecule has 0 aliphatic carbocycles. The van der Waals surface area contributed by atoms with Crippen molar-refractivity contribution in [3.63, 3.8) is 0 Å². The number of nitrogens with zero attached hydrogens (tertiary/aromatic N) is 2. The van der Waals surface area contributed by atoms with Gasteiger partial charge < -0.3 is 9.73 Å². The molecule has 2 amide bonds. The van der Waals surface area contributed by atoms with Crippen molar-refractivity contribution in [3.8, 4) is 10.6 Å². The maximum atomic E-state index is 12.2. The molecule has 0 aromatic carbocycles. The van der Waals surface area contributed by atoms with E-state index in [1.165, 1.54) is 28.9 Å². The quantitative estimate of drug-likeness (QED) is 0.487. The van der Waals surface area contributed by atoms with Gasteiger partial charge in [0, 0.05) is 10.8 Å². The summed E-state index contributed by atoms with van der Waals surface area (Å²) in [6, 6.07) is 7.14. The summed E-state index contributed by atoms with van der Waals surface area (Å²) in [6.45, 7) is 0. The molecule has 4 aromatic rings. The Labute approximate surface area is 165 Å². The number of hydrogen-bond donors (Lipinski definition) is 2. The number of anilines is 2. The fourth-order valence-corrected chi connectivity index (χ4v) is 4.40. The van der Waals surface area contributed by atoms with Crippen molar-refractivity contribution in [2.24, 2.45) is 0 Å². The van der Waals surface area contributed by atoms with Crippen LogP contribution in [0.2, 0.25) is 0 Å². The van der Waals surface area contributed by atoms with E-state index >= 15 is 0 Å². The highest BCUT2D eigenvalue weighted by Gasteiger charge is 2.14. The normalized spacial score (nSPS) is 10.7. The maximum absolute atomic E-state index is 12.2. The van der Waals surface area contributed by atoms with Gasteiger partial charge in [-0.05, 0) is 23.6 Å². The van der Waals surface area contributed by atoms with E-state index in [4.69, 9.17) is 4.42 Å². The molecule has 0 unspecified atom stereocenters. The Kier molecular flexibility index (Phi) is 5.10. The summed E-state index contributed by atoms with van der Waals surface area (Å²) < 4.78 is 5.03. The highest BCUT2D eigenvalue weighted by Crippen LogP contribution is 2.28. The summed E-state index contributed by atoms with van der Waals surface area (Å²) in [4.78, 5) is 33.9. The monoisotopic (exact) mass is 416 g/mol. The lowest BCUT2D eigenvalue weighted by Crippen LogP contribution is -2.15. The molecule has 7 nitrogen and oxygen atoms in total. The number of thiazole rings is 2. The predicted molar refractivity (Wildman–Crippen MR) is 107 cm³/mol. The van der Waals surface area contributed by atoms with Crippen molar-refractivity contribution in [1.82, 2.24) is 9.97 Å². The zero-order chi connectivity index (χ0) is 18.6. The molecule has 10 heteroatoms. The van der Waals surface area contributed by atoms with Gasteiger partial charge in [0.05, 0.1) is 28.9 Å². The SMILES string of the molecule is O=C(Cc1csc(NC(=O)c2ccco2)n1)Nc1nc(-c2cccs2)cs1. The van der Waals surface area contributed by atoms with Crippen LogP contribution in [0.5, 0.6) is 0 Å². The number of nitrogens with one attached hydrogen (secondary N) is 2. The van der Waals surface area contributed by atoms with Gasteiger partial charge in [-0.3, -0.25) is 14.9 Å². The van der Waals surface area contributed by atoms with Crippen molar-refractivity contribution in [2.75, 3.05) is 10.6 Å². The fourth-order valence-electron chi connectivity index (χ4n) is 2.21. The van der Waals surface area contributed by atoms with Gasteiger partial charge in [0.25, 0.3) is 5.91 Å². The second-order valence-corrected chi connectivity index (χ2v) is 7.98. The van der Waals surface area contributed by atoms with Crippen LogP contribution in [0.3, 0.4) is 0 Å². The summed E-state index contributed by atoms with van der Waals surface area (Å²) in [6.07, 6.45) is 1.52. The molecule has 136 valence electrons. The predicted octanol–water partition coefficient (Wildman–Crippen LogP) is 4.35. The van der Waals surface area contributed by atoms with Gasteiger partial charge in [0.15, 0.2) is 16.0 Å². The lowest BCUT2D eigenvalue weighted by atomic mass is 10.3. The molecule has 0 bridgehead atoms. The molecule has 0 aliphatic heterocycles. The standard InChI is InChI=1S/C17H12N4O3S3/c22-14(20-17-19-11(9-27-17)13-4-2-6-25-13)7-10-8-26-16(18-10)21-15(23)12-3-1-5-24-12/h1-6,8-9H,7H2,(H,18,21,23)(H,19,20,22). The van der Waals surface area contributed by atoms with E-state index in [1.807, 2.05) is 22.9 Å². The largest absolute Gasteiger partial charge is 0.459 e. The minimum Gasteiger partial charge on any atom is -0.459 e. The smallest absolute Gasteiger partial charge is 0.293 e. The minimum absolute atomic E-state index is 0.0983. The van der Waals surface area contributed by atoms with E-state index in [-0.39, 0.29) is 24.0 Å². The van der Waals surface area contributed by atoms with Crippen LogP contribution >= 0.6 is 34.0 Å². The number of rotatable bonds is 6. The Balaban J connectivity index is 1.33. The second-order valence-electron chi connectivity index (χ2n) is 5.32. The van der Waals surface area contributed by atoms with Crippen LogP contribution in [0.25, 0.3) is 10.6 Å². The zero-order valence-electron chi connectivity index (χ0n) is 13.7. The van der Waals surface area contributed by atoms with Crippen LogP contribution in [-0.2, 0) is 11.2 Å². The maximum Gasteiger partial charge on any atom is 0.293 e. The molecule has 27 heavy (non-hydrogen) atoms. The highest BCUT2D eigenvalue weighted by molar-refractivity contribution is 7.16. The number of amides is 2. The summed E-state index contributed by atoms with van der Waals surface area (Å²) in [5, 5.41) is 12.0. The Hall–Kier alpha value is -2.82. The van der Waals surface area contributed by atoms with Crippen molar-refractivity contribution < 1.29 is 14.0 Å². The topological polar surface area (TPSA) is 97.1 Å². The van der Waals surface area contributed by atoms with E-state index in [1.54, 1.807) is 28.8 Å². The Morgan fingerprint density at radius 1 is 1.00 bits per heavy atom. The summed E-state index contributed by atoms with van der Waals surface area (Å²) >= 11 is 4.23. The van der Waals surface area contributed by atoms with Crippen LogP contribution in [0, 0.1) is 0 Å². The summed E-state index contributed by atoms with van der Waals surface area (Å²) in [7, 11) is 0. The van der Waals surface area contributed by atoms with E-state index in [2.05, 4.69) is 20.6 Å². The van der Waals surface area contributed by atoms with Crippen LogP contribution in [0.1, 0.15) is 16.2 Å². The number of furan rings is 1. The van der Waals surface area contributed by atoms with Crippen LogP contribution in [0.4, 0.5) is 10.3 Å². The molecule has 4 aromatic heterocycles. The number of aromatic nitrogens is 2. The van der Waals surface area contributed by atoms with Gasteiger partial charge in [-0.1, -0.05) is 6.07 Å². The van der Waals surface area contributed by atoms with Crippen molar-refractivity contribution >= 4 is 56.1 Å². The molecule has 0 spiro atoms. The lowest BCUT2D eigenvalue weighted by Gasteiger charge is -1.99. The first-order chi connectivity index (χ1) is 13.2. The molecule has 0 aliphatic rings. The number of carbonyl (C=O) groups excluding carboxylic acids is 2. The summed E-state index contributed by atoms with van der Waals surface area (Å²) in [5.74, 6) is -0.389. The van der Waals surface area contributed by atoms with Crippen molar-refractivity contribution in [2.45, 2.75) is 6.42 Å². The van der Waals surface area contributed by atoms with E-state index < -0.39 is 0 Å². The zero-order valence-corrected chi connectivity index (χ0v) is 16.1. The van der Waals surface area contributed by atoms with Crippen LogP contribution in [-0.4, -0.2) is 21.8 Å². The Morgan fingerprint density at radius 3 is 2.63 bits per heavy atom. The first kappa shape index (κ1) is 17.6. The van der Waals surface area contributed by atoms with E-state index in [0.29, 0.717) is 16.0 Å². The van der Waals surface area contributed by atoms with Crippen LogP contribution < -0.4 is 10.6 Å².